The van der Waals surface area contributed by atoms with Crippen LogP contribution in [0.15, 0.2) is 84.9 Å². The van der Waals surface area contributed by atoms with Gasteiger partial charge in [0.1, 0.15) is 11.5 Å². The number of aromatic carboxylic acids is 1. The molecule has 1 atom stereocenters. The molecule has 174 valence electrons. The maximum absolute atomic E-state index is 11.3. The molecule has 0 amide bonds. The number of carboxylic acids is 1. The first-order valence-electron chi connectivity index (χ1n) is 11.6. The van der Waals surface area contributed by atoms with Gasteiger partial charge in [-0.1, -0.05) is 42.5 Å². The molecule has 1 unspecified atom stereocenters. The van der Waals surface area contributed by atoms with E-state index in [9.17, 15) is 15.0 Å². The van der Waals surface area contributed by atoms with E-state index in [1.54, 1.807) is 24.3 Å². The van der Waals surface area contributed by atoms with Gasteiger partial charge in [0.15, 0.2) is 0 Å². The van der Waals surface area contributed by atoms with Crippen molar-refractivity contribution in [1.82, 2.24) is 0 Å². The lowest BCUT2D eigenvalue weighted by molar-refractivity contribution is 0.0523. The van der Waals surface area contributed by atoms with Crippen LogP contribution in [0.5, 0.6) is 11.5 Å². The van der Waals surface area contributed by atoms with Crippen molar-refractivity contribution in [3.63, 3.8) is 0 Å². The Morgan fingerprint density at radius 3 is 2.49 bits per heavy atom. The van der Waals surface area contributed by atoms with Crippen molar-refractivity contribution in [2.45, 2.75) is 31.5 Å². The van der Waals surface area contributed by atoms with Crippen molar-refractivity contribution in [1.29, 1.82) is 0 Å². The lowest BCUT2D eigenvalue weighted by atomic mass is 9.76. The number of anilines is 1. The Balaban J connectivity index is 1.49. The number of rotatable bonds is 3. The first kappa shape index (κ1) is 21.3. The molecule has 4 aromatic carbocycles. The van der Waals surface area contributed by atoms with Gasteiger partial charge >= 0.3 is 5.97 Å². The van der Waals surface area contributed by atoms with E-state index in [4.69, 9.17) is 4.74 Å². The van der Waals surface area contributed by atoms with Gasteiger partial charge in [-0.05, 0) is 84.3 Å². The Labute approximate surface area is 203 Å². The third-order valence-electron chi connectivity index (χ3n) is 7.45. The van der Waals surface area contributed by atoms with Gasteiger partial charge in [0.2, 0.25) is 5.72 Å². The van der Waals surface area contributed by atoms with Gasteiger partial charge in [0.25, 0.3) is 0 Å². The van der Waals surface area contributed by atoms with E-state index in [-0.39, 0.29) is 16.7 Å². The maximum atomic E-state index is 11.3. The van der Waals surface area contributed by atoms with Crippen LogP contribution < -0.4 is 9.64 Å². The number of carboxylic acid groups (broad SMARTS) is 1. The van der Waals surface area contributed by atoms with Gasteiger partial charge < -0.3 is 19.8 Å². The summed E-state index contributed by atoms with van der Waals surface area (Å²) in [5.74, 6) is 0.0476. The van der Waals surface area contributed by atoms with Crippen molar-refractivity contribution >= 4 is 28.5 Å². The molecular weight excluding hydrogens is 438 g/mol. The number of phenols is 1. The third kappa shape index (κ3) is 3.04. The Morgan fingerprint density at radius 2 is 1.71 bits per heavy atom. The fraction of sp³-hybridized carbons (Fsp3) is 0.167. The highest BCUT2D eigenvalue weighted by molar-refractivity contribution is 5.95. The fourth-order valence-corrected chi connectivity index (χ4v) is 5.54. The minimum atomic E-state index is -0.936. The third-order valence-corrected chi connectivity index (χ3v) is 7.45. The zero-order valence-corrected chi connectivity index (χ0v) is 19.5. The maximum Gasteiger partial charge on any atom is 0.335 e. The molecule has 2 heterocycles. The molecule has 2 aliphatic rings. The van der Waals surface area contributed by atoms with Gasteiger partial charge in [-0.3, -0.25) is 0 Å². The minimum absolute atomic E-state index is 0.222. The summed E-state index contributed by atoms with van der Waals surface area (Å²) in [7, 11) is 0. The zero-order valence-electron chi connectivity index (χ0n) is 19.5. The van der Waals surface area contributed by atoms with E-state index in [2.05, 4.69) is 49.1 Å². The van der Waals surface area contributed by atoms with Crippen LogP contribution in [0, 0.1) is 0 Å². The number of fused-ring (bicyclic) bond motifs is 4. The van der Waals surface area contributed by atoms with Crippen LogP contribution in [0.3, 0.4) is 0 Å². The molecule has 0 aliphatic carbocycles. The molecule has 2 N–H and O–H groups in total. The van der Waals surface area contributed by atoms with Crippen molar-refractivity contribution in [3.8, 4) is 11.5 Å². The molecule has 0 saturated heterocycles. The summed E-state index contributed by atoms with van der Waals surface area (Å²) >= 11 is 0. The predicted molar refractivity (Wildman–Crippen MR) is 137 cm³/mol. The molecule has 6 rings (SSSR count). The number of phenolic OH excluding ortho intramolecular Hbond substituents is 1. The first-order chi connectivity index (χ1) is 16.8. The van der Waals surface area contributed by atoms with Crippen molar-refractivity contribution < 1.29 is 19.7 Å². The van der Waals surface area contributed by atoms with Crippen molar-refractivity contribution in [2.24, 2.45) is 0 Å². The summed E-state index contributed by atoms with van der Waals surface area (Å²) in [5, 5.41) is 21.4. The number of nitrogens with zero attached hydrogens (tertiary/aromatic N) is 1. The molecule has 2 aliphatic heterocycles. The molecule has 0 aromatic heterocycles. The first-order valence-corrected chi connectivity index (χ1v) is 11.6. The van der Waals surface area contributed by atoms with Gasteiger partial charge in [0, 0.05) is 17.8 Å². The summed E-state index contributed by atoms with van der Waals surface area (Å²) in [6, 6.07) is 24.7. The summed E-state index contributed by atoms with van der Waals surface area (Å²) < 4.78 is 6.94. The van der Waals surface area contributed by atoms with E-state index < -0.39 is 11.7 Å². The van der Waals surface area contributed by atoms with Gasteiger partial charge in [-0.2, -0.15) is 0 Å². The summed E-state index contributed by atoms with van der Waals surface area (Å²) in [4.78, 5) is 13.6. The van der Waals surface area contributed by atoms with Crippen LogP contribution in [0.25, 0.3) is 16.8 Å². The fourth-order valence-electron chi connectivity index (χ4n) is 5.54. The Morgan fingerprint density at radius 1 is 0.971 bits per heavy atom. The van der Waals surface area contributed by atoms with Crippen LogP contribution in [0.4, 0.5) is 5.69 Å². The van der Waals surface area contributed by atoms with Gasteiger partial charge in [0.05, 0.1) is 11.0 Å². The number of hydrogen-bond donors (Lipinski definition) is 2. The van der Waals surface area contributed by atoms with Crippen molar-refractivity contribution in [3.05, 3.63) is 107 Å². The lowest BCUT2D eigenvalue weighted by Gasteiger charge is -2.47. The van der Waals surface area contributed by atoms with E-state index in [0.717, 1.165) is 33.3 Å². The number of hydrogen-bond acceptors (Lipinski definition) is 4. The molecule has 5 heteroatoms. The number of aromatic hydroxyl groups is 1. The van der Waals surface area contributed by atoms with E-state index >= 15 is 0 Å². The highest BCUT2D eigenvalue weighted by Gasteiger charge is 2.58. The van der Waals surface area contributed by atoms with E-state index in [1.165, 1.54) is 5.56 Å². The number of ether oxygens (including phenoxy) is 1. The van der Waals surface area contributed by atoms with E-state index in [1.807, 2.05) is 36.4 Å². The molecule has 1 spiro atoms. The van der Waals surface area contributed by atoms with Gasteiger partial charge in [-0.15, -0.1) is 0 Å². The Kier molecular flexibility index (Phi) is 4.49. The second-order valence-corrected chi connectivity index (χ2v) is 9.75. The standard InChI is InChI=1S/C30H25NO4/c1-29(2)25-5-3-4-6-26(25)31(18-19-7-9-21(10-8-19)28(33)34)30(29)16-15-23-24-17-22(32)13-11-20(24)12-14-27(23)35-30/h3-17,32H,18H2,1-2H3,(H,33,34). The second kappa shape index (κ2) is 7.37. The molecular formula is C30H25NO4. The number of para-hydroxylation sites is 1. The number of carbonyl (C=O) groups is 1. The minimum Gasteiger partial charge on any atom is -0.508 e. The highest BCUT2D eigenvalue weighted by Crippen LogP contribution is 2.55. The Hall–Kier alpha value is -4.25. The van der Waals surface area contributed by atoms with Crippen LogP contribution in [0.2, 0.25) is 0 Å². The SMILES string of the molecule is CC1(C)c2ccccc2N(Cc2ccc(C(=O)O)cc2)C12C=Cc1c(ccc3ccc(O)cc13)O2. The quantitative estimate of drug-likeness (QED) is 0.371. The van der Waals surface area contributed by atoms with Crippen LogP contribution >= 0.6 is 0 Å². The average molecular weight is 464 g/mol. The summed E-state index contributed by atoms with van der Waals surface area (Å²) in [6.45, 7) is 4.94. The predicted octanol–water partition coefficient (Wildman–Crippen LogP) is 6.34. The normalized spacial score (nSPS) is 19.4. The molecule has 0 radical (unpaired) electrons. The lowest BCUT2D eigenvalue weighted by Crippen LogP contribution is -2.59. The van der Waals surface area contributed by atoms with Crippen LogP contribution in [-0.2, 0) is 12.0 Å². The number of benzene rings is 4. The zero-order chi connectivity index (χ0) is 24.4. The molecule has 0 fully saturated rings. The molecule has 5 nitrogen and oxygen atoms in total. The Bertz CT molecular complexity index is 1520. The summed E-state index contributed by atoms with van der Waals surface area (Å²) in [5.41, 5.74) is 3.31. The summed E-state index contributed by atoms with van der Waals surface area (Å²) in [6.07, 6.45) is 4.24. The molecule has 4 aromatic rings. The smallest absolute Gasteiger partial charge is 0.335 e. The molecule has 0 bridgehead atoms. The van der Waals surface area contributed by atoms with Crippen LogP contribution in [-0.4, -0.2) is 21.9 Å². The van der Waals surface area contributed by atoms with E-state index in [0.29, 0.717) is 6.54 Å². The van der Waals surface area contributed by atoms with Gasteiger partial charge in [-0.25, -0.2) is 4.79 Å². The topological polar surface area (TPSA) is 70.0 Å². The van der Waals surface area contributed by atoms with Crippen LogP contribution in [0.1, 0.15) is 40.9 Å². The largest absolute Gasteiger partial charge is 0.508 e. The van der Waals surface area contributed by atoms with Crippen molar-refractivity contribution in [2.75, 3.05) is 4.90 Å². The molecule has 35 heavy (non-hydrogen) atoms. The molecule has 0 saturated carbocycles. The monoisotopic (exact) mass is 463 g/mol. The highest BCUT2D eigenvalue weighted by atomic mass is 16.5. The second-order valence-electron chi connectivity index (χ2n) is 9.75. The average Bonchev–Trinajstić information content (AvgIpc) is 3.03.